The van der Waals surface area contributed by atoms with Crippen molar-refractivity contribution in [2.24, 2.45) is 0 Å². The van der Waals surface area contributed by atoms with Crippen LogP contribution in [0.1, 0.15) is 26.3 Å². The van der Waals surface area contributed by atoms with Crippen LogP contribution in [0.4, 0.5) is 4.39 Å². The molecule has 0 saturated heterocycles. The first kappa shape index (κ1) is 13.9. The average molecular weight is 241 g/mol. The van der Waals surface area contributed by atoms with E-state index in [1.54, 1.807) is 6.07 Å². The van der Waals surface area contributed by atoms with Gasteiger partial charge in [0.2, 0.25) is 0 Å². The van der Waals surface area contributed by atoms with Crippen molar-refractivity contribution in [3.05, 3.63) is 29.6 Å². The number of hydrogen-bond donors (Lipinski definition) is 1. The highest BCUT2D eigenvalue weighted by Gasteiger charge is 2.10. The van der Waals surface area contributed by atoms with Gasteiger partial charge in [0, 0.05) is 19.2 Å². The molecule has 0 atom stereocenters. The van der Waals surface area contributed by atoms with Gasteiger partial charge in [0.15, 0.2) is 18.4 Å². The Hall–Kier alpha value is -1.13. The van der Waals surface area contributed by atoms with E-state index in [-0.39, 0.29) is 23.9 Å². The minimum absolute atomic E-state index is 0.0156. The summed E-state index contributed by atoms with van der Waals surface area (Å²) in [7, 11) is 1.50. The highest BCUT2D eigenvalue weighted by Crippen LogP contribution is 2.18. The Morgan fingerprint density at radius 1 is 1.29 bits per heavy atom. The minimum atomic E-state index is -0.366. The second-order valence-electron chi connectivity index (χ2n) is 4.92. The van der Waals surface area contributed by atoms with Gasteiger partial charge in [-0.15, -0.1) is 0 Å². The average Bonchev–Trinajstić information content (AvgIpc) is 2.24. The zero-order valence-electron chi connectivity index (χ0n) is 10.8. The quantitative estimate of drug-likeness (QED) is 0.804. The summed E-state index contributed by atoms with van der Waals surface area (Å²) in [4.78, 5) is 0. The van der Waals surface area contributed by atoms with Gasteiger partial charge in [0.05, 0.1) is 0 Å². The standard InChI is InChI=1S/C13H20FNO2/c1-13(2,3)15-8-10-5-6-12(11(14)7-10)17-9-16-4/h5-7,15H,8-9H2,1-4H3. The highest BCUT2D eigenvalue weighted by molar-refractivity contribution is 5.29. The molecule has 0 aliphatic rings. The lowest BCUT2D eigenvalue weighted by atomic mass is 10.1. The molecule has 0 fully saturated rings. The van der Waals surface area contributed by atoms with Crippen molar-refractivity contribution >= 4 is 0 Å². The molecule has 0 bridgehead atoms. The van der Waals surface area contributed by atoms with Gasteiger partial charge in [-0.2, -0.15) is 0 Å². The third kappa shape index (κ3) is 5.15. The van der Waals surface area contributed by atoms with E-state index in [0.717, 1.165) is 5.56 Å². The van der Waals surface area contributed by atoms with E-state index >= 15 is 0 Å². The predicted octanol–water partition coefficient (Wildman–Crippen LogP) is 2.70. The van der Waals surface area contributed by atoms with Crippen molar-refractivity contribution in [3.8, 4) is 5.75 Å². The molecule has 17 heavy (non-hydrogen) atoms. The van der Waals surface area contributed by atoms with Crippen molar-refractivity contribution in [1.82, 2.24) is 5.32 Å². The third-order valence-electron chi connectivity index (χ3n) is 2.15. The molecule has 1 N–H and O–H groups in total. The van der Waals surface area contributed by atoms with E-state index in [1.165, 1.54) is 13.2 Å². The first-order chi connectivity index (χ1) is 7.92. The van der Waals surface area contributed by atoms with Crippen LogP contribution in [0, 0.1) is 5.82 Å². The Morgan fingerprint density at radius 3 is 2.53 bits per heavy atom. The van der Waals surface area contributed by atoms with Gasteiger partial charge < -0.3 is 14.8 Å². The third-order valence-corrected chi connectivity index (χ3v) is 2.15. The molecule has 0 amide bonds. The van der Waals surface area contributed by atoms with Crippen LogP contribution in [0.2, 0.25) is 0 Å². The van der Waals surface area contributed by atoms with Crippen LogP contribution in [0.3, 0.4) is 0 Å². The maximum absolute atomic E-state index is 13.6. The first-order valence-electron chi connectivity index (χ1n) is 5.57. The topological polar surface area (TPSA) is 30.5 Å². The summed E-state index contributed by atoms with van der Waals surface area (Å²) < 4.78 is 23.4. The van der Waals surface area contributed by atoms with Crippen molar-refractivity contribution in [3.63, 3.8) is 0 Å². The van der Waals surface area contributed by atoms with E-state index in [4.69, 9.17) is 9.47 Å². The van der Waals surface area contributed by atoms with Crippen LogP contribution in [-0.2, 0) is 11.3 Å². The van der Waals surface area contributed by atoms with E-state index in [0.29, 0.717) is 6.54 Å². The van der Waals surface area contributed by atoms with Gasteiger partial charge in [-0.3, -0.25) is 0 Å². The van der Waals surface area contributed by atoms with Gasteiger partial charge in [0.1, 0.15) is 0 Å². The predicted molar refractivity (Wildman–Crippen MR) is 65.5 cm³/mol. The van der Waals surface area contributed by atoms with Gasteiger partial charge >= 0.3 is 0 Å². The molecule has 0 aliphatic carbocycles. The lowest BCUT2D eigenvalue weighted by Gasteiger charge is -2.20. The van der Waals surface area contributed by atoms with Crippen LogP contribution in [0.15, 0.2) is 18.2 Å². The summed E-state index contributed by atoms with van der Waals surface area (Å²) in [6.45, 7) is 6.89. The summed E-state index contributed by atoms with van der Waals surface area (Å²) in [5.41, 5.74) is 0.906. The minimum Gasteiger partial charge on any atom is -0.464 e. The van der Waals surface area contributed by atoms with Gasteiger partial charge in [-0.25, -0.2) is 4.39 Å². The Balaban J connectivity index is 2.62. The molecule has 96 valence electrons. The zero-order valence-corrected chi connectivity index (χ0v) is 10.8. The summed E-state index contributed by atoms with van der Waals surface area (Å²) >= 11 is 0. The molecule has 0 unspecified atom stereocenters. The number of rotatable bonds is 5. The Morgan fingerprint density at radius 2 is 2.00 bits per heavy atom. The largest absolute Gasteiger partial charge is 0.464 e. The Bertz CT molecular complexity index is 361. The molecule has 1 rings (SSSR count). The molecule has 1 aromatic rings. The molecule has 0 aliphatic heterocycles. The zero-order chi connectivity index (χ0) is 12.9. The maximum Gasteiger partial charge on any atom is 0.188 e. The number of halogens is 1. The fourth-order valence-electron chi connectivity index (χ4n) is 1.26. The van der Waals surface area contributed by atoms with E-state index in [2.05, 4.69) is 26.1 Å². The molecular weight excluding hydrogens is 221 g/mol. The van der Waals surface area contributed by atoms with E-state index in [9.17, 15) is 4.39 Å². The molecule has 3 nitrogen and oxygen atoms in total. The Kier molecular flexibility index (Phi) is 4.90. The van der Waals surface area contributed by atoms with Crippen molar-refractivity contribution in [2.45, 2.75) is 32.9 Å². The van der Waals surface area contributed by atoms with Crippen LogP contribution in [0.5, 0.6) is 5.75 Å². The lowest BCUT2D eigenvalue weighted by molar-refractivity contribution is 0.0482. The van der Waals surface area contributed by atoms with Crippen LogP contribution >= 0.6 is 0 Å². The fourth-order valence-corrected chi connectivity index (χ4v) is 1.26. The summed E-state index contributed by atoms with van der Waals surface area (Å²) in [5.74, 6) is -0.151. The van der Waals surface area contributed by atoms with Crippen LogP contribution < -0.4 is 10.1 Å². The summed E-state index contributed by atoms with van der Waals surface area (Å²) in [6.07, 6.45) is 0. The molecule has 0 saturated carbocycles. The molecule has 4 heteroatoms. The van der Waals surface area contributed by atoms with Gasteiger partial charge in [-0.05, 0) is 38.5 Å². The van der Waals surface area contributed by atoms with E-state index in [1.807, 2.05) is 6.07 Å². The lowest BCUT2D eigenvalue weighted by Crippen LogP contribution is -2.35. The number of benzene rings is 1. The first-order valence-corrected chi connectivity index (χ1v) is 5.57. The summed E-state index contributed by atoms with van der Waals surface area (Å²) in [6, 6.07) is 4.94. The van der Waals surface area contributed by atoms with E-state index < -0.39 is 0 Å². The van der Waals surface area contributed by atoms with Gasteiger partial charge in [0.25, 0.3) is 0 Å². The molecule has 0 radical (unpaired) electrons. The van der Waals surface area contributed by atoms with Crippen LogP contribution in [0.25, 0.3) is 0 Å². The number of ether oxygens (including phenoxy) is 2. The molecular formula is C13H20FNO2. The van der Waals surface area contributed by atoms with Crippen LogP contribution in [-0.4, -0.2) is 19.4 Å². The Labute approximate surface area is 102 Å². The summed E-state index contributed by atoms with van der Waals surface area (Å²) in [5, 5.41) is 3.30. The second kappa shape index (κ2) is 5.98. The maximum atomic E-state index is 13.6. The monoisotopic (exact) mass is 241 g/mol. The highest BCUT2D eigenvalue weighted by atomic mass is 19.1. The second-order valence-corrected chi connectivity index (χ2v) is 4.92. The molecule has 1 aromatic carbocycles. The number of nitrogens with one attached hydrogen (secondary N) is 1. The SMILES string of the molecule is COCOc1ccc(CNC(C)(C)C)cc1F. The molecule has 0 spiro atoms. The molecule has 0 aromatic heterocycles. The normalized spacial score (nSPS) is 11.6. The van der Waals surface area contributed by atoms with Gasteiger partial charge in [-0.1, -0.05) is 6.07 Å². The van der Waals surface area contributed by atoms with Crippen molar-refractivity contribution < 1.29 is 13.9 Å². The smallest absolute Gasteiger partial charge is 0.188 e. The van der Waals surface area contributed by atoms with Crippen molar-refractivity contribution in [2.75, 3.05) is 13.9 Å². The van der Waals surface area contributed by atoms with Crippen molar-refractivity contribution in [1.29, 1.82) is 0 Å². The fraction of sp³-hybridized carbons (Fsp3) is 0.538. The number of methoxy groups -OCH3 is 1. The number of hydrogen-bond acceptors (Lipinski definition) is 3. The molecule has 0 heterocycles.